The number of rotatable bonds is 10. The summed E-state index contributed by atoms with van der Waals surface area (Å²) in [6.45, 7) is 5.45. The number of nitrogens with zero attached hydrogens (tertiary/aromatic N) is 1. The molecule has 0 aliphatic carbocycles. The van der Waals surface area contributed by atoms with Gasteiger partial charge in [0.15, 0.2) is 0 Å². The van der Waals surface area contributed by atoms with E-state index in [0.717, 1.165) is 17.5 Å². The molecule has 0 radical (unpaired) electrons. The van der Waals surface area contributed by atoms with Gasteiger partial charge in [0.2, 0.25) is 20.0 Å². The van der Waals surface area contributed by atoms with Gasteiger partial charge in [-0.15, -0.1) is 0 Å². The lowest BCUT2D eigenvalue weighted by atomic mass is 9.88. The molecular formula is C26H37N3O7S2. The Balaban J connectivity index is 1.23. The van der Waals surface area contributed by atoms with E-state index in [-0.39, 0.29) is 29.7 Å². The van der Waals surface area contributed by atoms with Gasteiger partial charge in [0.05, 0.1) is 22.0 Å². The minimum atomic E-state index is -3.58. The summed E-state index contributed by atoms with van der Waals surface area (Å²) in [6.07, 6.45) is 1.17. The summed E-state index contributed by atoms with van der Waals surface area (Å²) in [4.78, 5) is 0.418. The number of ether oxygens (including phenoxy) is 2. The Bertz CT molecular complexity index is 1340. The van der Waals surface area contributed by atoms with Crippen LogP contribution in [-0.4, -0.2) is 83.9 Å². The highest BCUT2D eigenvalue weighted by atomic mass is 32.2. The number of sulfonamides is 2. The molecule has 2 saturated heterocycles. The van der Waals surface area contributed by atoms with Crippen LogP contribution in [0, 0.1) is 13.8 Å². The Kier molecular flexibility index (Phi) is 8.82. The Hall–Kier alpha value is -2.06. The second-order valence-corrected chi connectivity index (χ2v) is 13.9. The van der Waals surface area contributed by atoms with E-state index in [9.17, 15) is 21.9 Å². The Morgan fingerprint density at radius 2 is 1.82 bits per heavy atom. The van der Waals surface area contributed by atoms with Crippen LogP contribution in [0.3, 0.4) is 0 Å². The molecule has 10 nitrogen and oxygen atoms in total. The topological polar surface area (TPSA) is 134 Å². The van der Waals surface area contributed by atoms with E-state index >= 15 is 0 Å². The fourth-order valence-electron chi connectivity index (χ4n) is 4.88. The molecule has 12 heteroatoms. The molecule has 2 aliphatic heterocycles. The molecule has 2 aliphatic rings. The zero-order chi connectivity index (χ0) is 27.6. The molecule has 2 heterocycles. The fourth-order valence-corrected chi connectivity index (χ4v) is 7.18. The van der Waals surface area contributed by atoms with E-state index < -0.39 is 26.2 Å². The molecule has 3 N–H and O–H groups in total. The van der Waals surface area contributed by atoms with Crippen molar-refractivity contribution in [2.75, 3.05) is 39.9 Å². The first kappa shape index (κ1) is 28.9. The molecule has 2 atom stereocenters. The second kappa shape index (κ2) is 11.6. The minimum Gasteiger partial charge on any atom is -0.491 e. The van der Waals surface area contributed by atoms with Crippen LogP contribution >= 0.6 is 0 Å². The van der Waals surface area contributed by atoms with Gasteiger partial charge >= 0.3 is 0 Å². The van der Waals surface area contributed by atoms with Gasteiger partial charge in [0.1, 0.15) is 18.5 Å². The normalized spacial score (nSPS) is 21.0. The molecule has 0 amide bonds. The maximum absolute atomic E-state index is 13.1. The number of aliphatic hydroxyl groups excluding tert-OH is 1. The molecule has 2 fully saturated rings. The summed E-state index contributed by atoms with van der Waals surface area (Å²) < 4.78 is 65.7. The quantitative estimate of drug-likeness (QED) is 0.394. The number of hydrogen-bond donors (Lipinski definition) is 3. The fraction of sp³-hybridized carbons (Fsp3) is 0.538. The van der Waals surface area contributed by atoms with E-state index in [1.54, 1.807) is 28.6 Å². The summed E-state index contributed by atoms with van der Waals surface area (Å²) >= 11 is 0. The van der Waals surface area contributed by atoms with Crippen LogP contribution in [0.5, 0.6) is 5.75 Å². The van der Waals surface area contributed by atoms with E-state index in [2.05, 4.69) is 10.0 Å². The molecular weight excluding hydrogens is 530 g/mol. The van der Waals surface area contributed by atoms with Crippen LogP contribution in [0.2, 0.25) is 0 Å². The van der Waals surface area contributed by atoms with E-state index in [1.807, 2.05) is 19.9 Å². The van der Waals surface area contributed by atoms with Crippen molar-refractivity contribution in [3.8, 4) is 5.75 Å². The number of nitrogens with one attached hydrogen (secondary N) is 2. The van der Waals surface area contributed by atoms with Gasteiger partial charge in [-0.2, -0.15) is 4.31 Å². The second-order valence-electron chi connectivity index (χ2n) is 10.1. The standard InChI is InChI=1S/C26H37N3O7S2/c1-19-7-8-25(13-20(19)2)38(33,34)29-11-9-26(10-12-29)15-21(17-36-26)28-16-22(30)18-35-23-5-4-6-24(14-23)37(31,32)27-3/h4-8,13-14,21-22,27-28,30H,9-12,15-18H2,1-3H3/t21?,22-/m0/s1. The molecule has 0 bridgehead atoms. The average Bonchev–Trinajstić information content (AvgIpc) is 3.30. The molecule has 4 rings (SSSR count). The third-order valence-electron chi connectivity index (χ3n) is 7.43. The monoisotopic (exact) mass is 567 g/mol. The van der Waals surface area contributed by atoms with E-state index in [1.165, 1.54) is 19.2 Å². The van der Waals surface area contributed by atoms with Crippen LogP contribution < -0.4 is 14.8 Å². The first-order valence-corrected chi connectivity index (χ1v) is 15.7. The van der Waals surface area contributed by atoms with Crippen LogP contribution in [-0.2, 0) is 24.8 Å². The van der Waals surface area contributed by atoms with Gasteiger partial charge in [0.25, 0.3) is 0 Å². The summed E-state index contributed by atoms with van der Waals surface area (Å²) in [7, 11) is -5.78. The highest BCUT2D eigenvalue weighted by Gasteiger charge is 2.44. The van der Waals surface area contributed by atoms with Crippen LogP contribution in [0.25, 0.3) is 0 Å². The van der Waals surface area contributed by atoms with Crippen molar-refractivity contribution in [1.82, 2.24) is 14.3 Å². The zero-order valence-electron chi connectivity index (χ0n) is 22.0. The van der Waals surface area contributed by atoms with Crippen molar-refractivity contribution in [2.45, 2.75) is 60.6 Å². The molecule has 0 aromatic heterocycles. The molecule has 0 saturated carbocycles. The number of aryl methyl sites for hydroxylation is 2. The lowest BCUT2D eigenvalue weighted by Gasteiger charge is -2.38. The summed E-state index contributed by atoms with van der Waals surface area (Å²) in [6, 6.07) is 11.4. The molecule has 2 aromatic rings. The predicted octanol–water partition coefficient (Wildman–Crippen LogP) is 1.55. The van der Waals surface area contributed by atoms with Gasteiger partial charge in [-0.3, -0.25) is 0 Å². The van der Waals surface area contributed by atoms with Crippen LogP contribution in [0.4, 0.5) is 0 Å². The first-order chi connectivity index (χ1) is 17.9. The molecule has 2 aromatic carbocycles. The lowest BCUT2D eigenvalue weighted by Crippen LogP contribution is -2.47. The first-order valence-electron chi connectivity index (χ1n) is 12.7. The smallest absolute Gasteiger partial charge is 0.243 e. The molecule has 38 heavy (non-hydrogen) atoms. The number of benzene rings is 2. The minimum absolute atomic E-state index is 0.0000783. The third kappa shape index (κ3) is 6.56. The van der Waals surface area contributed by atoms with Gasteiger partial charge in [0, 0.05) is 31.7 Å². The van der Waals surface area contributed by atoms with Crippen molar-refractivity contribution in [3.63, 3.8) is 0 Å². The van der Waals surface area contributed by atoms with Gasteiger partial charge in [-0.05, 0) is 75.5 Å². The maximum atomic E-state index is 13.1. The molecule has 1 spiro atoms. The summed E-state index contributed by atoms with van der Waals surface area (Å²) in [5.41, 5.74) is 1.65. The Morgan fingerprint density at radius 1 is 1.08 bits per heavy atom. The van der Waals surface area contributed by atoms with Gasteiger partial charge in [-0.1, -0.05) is 12.1 Å². The number of hydrogen-bond acceptors (Lipinski definition) is 8. The summed E-state index contributed by atoms with van der Waals surface area (Å²) in [5.74, 6) is 0.353. The third-order valence-corrected chi connectivity index (χ3v) is 10.7. The number of piperidine rings is 1. The van der Waals surface area contributed by atoms with Crippen LogP contribution in [0.1, 0.15) is 30.4 Å². The van der Waals surface area contributed by atoms with Gasteiger partial charge in [-0.25, -0.2) is 21.6 Å². The Morgan fingerprint density at radius 3 is 2.50 bits per heavy atom. The van der Waals surface area contributed by atoms with E-state index in [0.29, 0.717) is 43.2 Å². The predicted molar refractivity (Wildman–Crippen MR) is 143 cm³/mol. The molecule has 1 unspecified atom stereocenters. The SMILES string of the molecule is CNS(=O)(=O)c1cccc(OC[C@@H](O)CNC2COC3(CCN(S(=O)(=O)c4ccc(C)c(C)c4)CC3)C2)c1. The van der Waals surface area contributed by atoms with Crippen molar-refractivity contribution in [3.05, 3.63) is 53.6 Å². The van der Waals surface area contributed by atoms with E-state index in [4.69, 9.17) is 9.47 Å². The largest absolute Gasteiger partial charge is 0.491 e. The Labute approximate surface area is 225 Å². The highest BCUT2D eigenvalue weighted by Crippen LogP contribution is 2.37. The molecule has 210 valence electrons. The van der Waals surface area contributed by atoms with Crippen molar-refractivity contribution in [2.24, 2.45) is 0 Å². The maximum Gasteiger partial charge on any atom is 0.243 e. The number of aliphatic hydroxyl groups is 1. The van der Waals surface area contributed by atoms with Crippen molar-refractivity contribution < 1.29 is 31.4 Å². The van der Waals surface area contributed by atoms with Gasteiger partial charge < -0.3 is 19.9 Å². The zero-order valence-corrected chi connectivity index (χ0v) is 23.6. The summed E-state index contributed by atoms with van der Waals surface area (Å²) in [5, 5.41) is 13.7. The van der Waals surface area contributed by atoms with Crippen molar-refractivity contribution in [1.29, 1.82) is 0 Å². The van der Waals surface area contributed by atoms with Crippen molar-refractivity contribution >= 4 is 20.0 Å². The lowest BCUT2D eigenvalue weighted by molar-refractivity contribution is -0.0312. The van der Waals surface area contributed by atoms with Crippen LogP contribution in [0.15, 0.2) is 52.3 Å². The highest BCUT2D eigenvalue weighted by molar-refractivity contribution is 7.89. The average molecular weight is 568 g/mol.